The fourth-order valence-electron chi connectivity index (χ4n) is 3.38. The number of hydrogen-bond donors (Lipinski definition) is 3. The molecule has 0 amide bonds. The summed E-state index contributed by atoms with van der Waals surface area (Å²) < 4.78 is 5.80. The first kappa shape index (κ1) is 33.0. The molecule has 0 bridgehead atoms. The first-order valence-electron chi connectivity index (χ1n) is 12.7. The molecular formula is C27H47NO7. The molecule has 0 heterocycles. The average molecular weight is 498 g/mol. The van der Waals surface area contributed by atoms with E-state index in [0.29, 0.717) is 43.1 Å². The Morgan fingerprint density at radius 1 is 0.971 bits per heavy atom. The molecule has 4 atom stereocenters. The number of carboxylic acid groups (broad SMARTS) is 1. The van der Waals surface area contributed by atoms with Crippen LogP contribution in [0.1, 0.15) is 71.1 Å². The van der Waals surface area contributed by atoms with Crippen molar-refractivity contribution >= 4 is 11.9 Å². The molecule has 0 radical (unpaired) electrons. The number of quaternary nitrogens is 1. The molecule has 0 aliphatic carbocycles. The van der Waals surface area contributed by atoms with E-state index >= 15 is 0 Å². The van der Waals surface area contributed by atoms with Gasteiger partial charge in [0.25, 0.3) is 0 Å². The number of carbonyl (C=O) groups excluding carboxylic acids is 2. The summed E-state index contributed by atoms with van der Waals surface area (Å²) >= 11 is 0. The van der Waals surface area contributed by atoms with Crippen LogP contribution in [-0.4, -0.2) is 83.8 Å². The highest BCUT2D eigenvalue weighted by molar-refractivity contribution is 5.70. The third kappa shape index (κ3) is 21.0. The van der Waals surface area contributed by atoms with Crippen LogP contribution >= 0.6 is 0 Å². The van der Waals surface area contributed by atoms with Crippen molar-refractivity contribution in [3.8, 4) is 0 Å². The maximum Gasteiger partial charge on any atom is 0.306 e. The lowest BCUT2D eigenvalue weighted by atomic mass is 10.1. The molecule has 0 fully saturated rings. The summed E-state index contributed by atoms with van der Waals surface area (Å²) in [4.78, 5) is 22.9. The predicted molar refractivity (Wildman–Crippen MR) is 135 cm³/mol. The molecule has 202 valence electrons. The number of ether oxygens (including phenoxy) is 1. The maximum absolute atomic E-state index is 12.0. The van der Waals surface area contributed by atoms with E-state index in [1.165, 1.54) is 6.08 Å². The second kappa shape index (κ2) is 19.2. The van der Waals surface area contributed by atoms with E-state index in [0.717, 1.165) is 19.3 Å². The monoisotopic (exact) mass is 497 g/mol. The predicted octanol–water partition coefficient (Wildman–Crippen LogP) is 2.03. The highest BCUT2D eigenvalue weighted by Gasteiger charge is 2.22. The van der Waals surface area contributed by atoms with Crippen molar-refractivity contribution in [2.45, 2.75) is 95.5 Å². The number of aliphatic hydroxyl groups excluding tert-OH is 3. The number of hydrogen-bond acceptors (Lipinski definition) is 7. The standard InChI is InChI=1S/C27H47NO7/c1-5-6-12-15-22(29)18-19-25(31)24(30)16-13-10-8-7-9-11-14-17-27(34)35-23(20-26(32)33)21-28(2,3)4/h7,9-10,13,18-19,22-25,29-31H,5-6,8,11-12,14-17,20-21H2,1-4H3/b9-7-,13-10+,19-18+. The Morgan fingerprint density at radius 3 is 2.29 bits per heavy atom. The van der Waals surface area contributed by atoms with Crippen molar-refractivity contribution in [2.24, 2.45) is 0 Å². The Labute approximate surface area is 211 Å². The zero-order valence-corrected chi connectivity index (χ0v) is 22.0. The van der Waals surface area contributed by atoms with Crippen LogP contribution in [0.3, 0.4) is 0 Å². The lowest BCUT2D eigenvalue weighted by molar-refractivity contribution is -0.873. The number of likely N-dealkylation sites (N-methyl/N-ethyl adjacent to an activating group) is 1. The molecule has 0 aromatic heterocycles. The van der Waals surface area contributed by atoms with Crippen molar-refractivity contribution in [3.63, 3.8) is 0 Å². The SMILES string of the molecule is CCCCCC(O)/C=C/C(O)C(O)C/C=C/C/C=C\CCCC(=O)OC(CC(=O)[O-])C[N+](C)(C)C. The molecule has 0 aromatic rings. The summed E-state index contributed by atoms with van der Waals surface area (Å²) in [6, 6.07) is 0. The van der Waals surface area contributed by atoms with E-state index in [1.54, 1.807) is 12.2 Å². The van der Waals surface area contributed by atoms with E-state index in [-0.39, 0.29) is 12.8 Å². The number of carboxylic acids is 1. The fourth-order valence-corrected chi connectivity index (χ4v) is 3.38. The van der Waals surface area contributed by atoms with Gasteiger partial charge >= 0.3 is 5.97 Å². The van der Waals surface area contributed by atoms with Gasteiger partial charge in [0, 0.05) is 18.8 Å². The van der Waals surface area contributed by atoms with Gasteiger partial charge in [-0.2, -0.15) is 0 Å². The van der Waals surface area contributed by atoms with E-state index in [2.05, 4.69) is 6.92 Å². The van der Waals surface area contributed by atoms with Crippen LogP contribution in [0.25, 0.3) is 0 Å². The van der Waals surface area contributed by atoms with Gasteiger partial charge in [-0.05, 0) is 32.1 Å². The summed E-state index contributed by atoms with van der Waals surface area (Å²) in [7, 11) is 5.70. The van der Waals surface area contributed by atoms with Crippen LogP contribution in [0, 0.1) is 0 Å². The van der Waals surface area contributed by atoms with Crippen molar-refractivity contribution in [1.82, 2.24) is 0 Å². The van der Waals surface area contributed by atoms with Gasteiger partial charge in [0.05, 0.1) is 39.5 Å². The molecule has 8 heteroatoms. The summed E-state index contributed by atoms with van der Waals surface area (Å²) in [5, 5.41) is 40.7. The molecule has 0 aliphatic rings. The van der Waals surface area contributed by atoms with Crippen molar-refractivity contribution < 1.29 is 39.2 Å². The van der Waals surface area contributed by atoms with E-state index < -0.39 is 36.4 Å². The Bertz CT molecular complexity index is 667. The van der Waals surface area contributed by atoms with Gasteiger partial charge in [0.2, 0.25) is 0 Å². The minimum atomic E-state index is -1.23. The van der Waals surface area contributed by atoms with Crippen LogP contribution < -0.4 is 5.11 Å². The van der Waals surface area contributed by atoms with Gasteiger partial charge in [-0.15, -0.1) is 0 Å². The van der Waals surface area contributed by atoms with Gasteiger partial charge < -0.3 is 34.4 Å². The number of allylic oxidation sites excluding steroid dienone is 3. The first-order chi connectivity index (χ1) is 16.4. The van der Waals surface area contributed by atoms with Crippen molar-refractivity contribution in [2.75, 3.05) is 27.7 Å². The van der Waals surface area contributed by atoms with E-state index in [4.69, 9.17) is 4.74 Å². The zero-order valence-electron chi connectivity index (χ0n) is 22.0. The lowest BCUT2D eigenvalue weighted by Crippen LogP contribution is -2.45. The molecule has 0 aliphatic heterocycles. The lowest BCUT2D eigenvalue weighted by Gasteiger charge is -2.29. The number of aliphatic carboxylic acids is 1. The van der Waals surface area contributed by atoms with Gasteiger partial charge in [0.1, 0.15) is 6.54 Å². The van der Waals surface area contributed by atoms with Crippen LogP contribution in [0.4, 0.5) is 0 Å². The Morgan fingerprint density at radius 2 is 1.66 bits per heavy atom. The summed E-state index contributed by atoms with van der Waals surface area (Å²) in [6.45, 7) is 2.49. The molecular weight excluding hydrogens is 450 g/mol. The first-order valence-corrected chi connectivity index (χ1v) is 12.7. The molecule has 8 nitrogen and oxygen atoms in total. The quantitative estimate of drug-likeness (QED) is 0.102. The highest BCUT2D eigenvalue weighted by atomic mass is 16.5. The van der Waals surface area contributed by atoms with Crippen LogP contribution in [-0.2, 0) is 14.3 Å². The van der Waals surface area contributed by atoms with Crippen LogP contribution in [0.5, 0.6) is 0 Å². The Hall–Kier alpha value is -2.00. The molecule has 4 unspecified atom stereocenters. The molecule has 0 spiro atoms. The third-order valence-corrected chi connectivity index (χ3v) is 5.21. The van der Waals surface area contributed by atoms with E-state index in [9.17, 15) is 30.0 Å². The number of aliphatic hydroxyl groups is 3. The molecule has 3 N–H and O–H groups in total. The normalized spacial score (nSPS) is 16.1. The van der Waals surface area contributed by atoms with Gasteiger partial charge in [-0.25, -0.2) is 0 Å². The summed E-state index contributed by atoms with van der Waals surface area (Å²) in [5.41, 5.74) is 0. The maximum atomic E-state index is 12.0. The topological polar surface area (TPSA) is 127 Å². The molecule has 0 rings (SSSR count). The number of carbonyl (C=O) groups is 2. The van der Waals surface area contributed by atoms with Crippen LogP contribution in [0.2, 0.25) is 0 Å². The van der Waals surface area contributed by atoms with Crippen LogP contribution in [0.15, 0.2) is 36.5 Å². The number of rotatable bonds is 20. The summed E-state index contributed by atoms with van der Waals surface area (Å²) in [5.74, 6) is -1.64. The smallest absolute Gasteiger partial charge is 0.306 e. The Kier molecular flexibility index (Phi) is 18.1. The van der Waals surface area contributed by atoms with Gasteiger partial charge in [-0.3, -0.25) is 4.79 Å². The van der Waals surface area contributed by atoms with Crippen molar-refractivity contribution in [3.05, 3.63) is 36.5 Å². The number of esters is 1. The zero-order chi connectivity index (χ0) is 26.7. The average Bonchev–Trinajstić information content (AvgIpc) is 2.74. The minimum absolute atomic E-state index is 0.214. The van der Waals surface area contributed by atoms with E-state index in [1.807, 2.05) is 39.4 Å². The minimum Gasteiger partial charge on any atom is -0.550 e. The number of nitrogens with zero attached hydrogens (tertiary/aromatic N) is 1. The molecule has 0 saturated carbocycles. The second-order valence-corrected chi connectivity index (χ2v) is 9.97. The van der Waals surface area contributed by atoms with Gasteiger partial charge in [-0.1, -0.05) is 62.6 Å². The van der Waals surface area contributed by atoms with Gasteiger partial charge in [0.15, 0.2) is 6.10 Å². The highest BCUT2D eigenvalue weighted by Crippen LogP contribution is 2.09. The molecule has 0 aromatic carbocycles. The third-order valence-electron chi connectivity index (χ3n) is 5.21. The summed E-state index contributed by atoms with van der Waals surface area (Å²) in [6.07, 6.45) is 13.2. The molecule has 0 saturated heterocycles. The van der Waals surface area contributed by atoms with Crippen molar-refractivity contribution in [1.29, 1.82) is 0 Å². The Balaban J connectivity index is 4.10. The fraction of sp³-hybridized carbons (Fsp3) is 0.704. The molecule has 35 heavy (non-hydrogen) atoms. The number of unbranched alkanes of at least 4 members (excludes halogenated alkanes) is 3. The second-order valence-electron chi connectivity index (χ2n) is 9.97. The largest absolute Gasteiger partial charge is 0.550 e.